The Labute approximate surface area is 228 Å². The SMILES string of the molecule is O=C(CC(=O)CN(C(=S)c1ccccc1)c1ccccc1)CN(C(=S)c1ccccc1)c1ccccc1. The predicted molar refractivity (Wildman–Crippen MR) is 158 cm³/mol. The van der Waals surface area contributed by atoms with Crippen LogP contribution in [0.5, 0.6) is 0 Å². The molecule has 6 heteroatoms. The highest BCUT2D eigenvalue weighted by Crippen LogP contribution is 2.20. The van der Waals surface area contributed by atoms with Crippen molar-refractivity contribution in [1.82, 2.24) is 0 Å². The Morgan fingerprint density at radius 2 is 0.784 bits per heavy atom. The Kier molecular flexibility index (Phi) is 9.03. The summed E-state index contributed by atoms with van der Waals surface area (Å²) in [6.07, 6.45) is -0.221. The molecule has 184 valence electrons. The second kappa shape index (κ2) is 12.8. The van der Waals surface area contributed by atoms with E-state index in [1.807, 2.05) is 121 Å². The third-order valence-corrected chi connectivity index (χ3v) is 6.64. The number of nitrogens with zero attached hydrogens (tertiary/aromatic N) is 2. The van der Waals surface area contributed by atoms with Crippen LogP contribution in [0.2, 0.25) is 0 Å². The highest BCUT2D eigenvalue weighted by atomic mass is 32.1. The fourth-order valence-corrected chi connectivity index (χ4v) is 4.55. The number of hydrogen-bond acceptors (Lipinski definition) is 4. The first-order chi connectivity index (χ1) is 18.0. The quantitative estimate of drug-likeness (QED) is 0.180. The zero-order chi connectivity index (χ0) is 26.0. The molecule has 37 heavy (non-hydrogen) atoms. The van der Waals surface area contributed by atoms with Gasteiger partial charge in [-0.2, -0.15) is 0 Å². The van der Waals surface area contributed by atoms with E-state index in [2.05, 4.69) is 0 Å². The van der Waals surface area contributed by atoms with Gasteiger partial charge in [0.1, 0.15) is 9.98 Å². The van der Waals surface area contributed by atoms with Crippen LogP contribution in [0.25, 0.3) is 0 Å². The summed E-state index contributed by atoms with van der Waals surface area (Å²) in [5.41, 5.74) is 3.27. The number of rotatable bonds is 10. The molecule has 0 fully saturated rings. The van der Waals surface area contributed by atoms with Crippen LogP contribution >= 0.6 is 24.4 Å². The van der Waals surface area contributed by atoms with E-state index in [4.69, 9.17) is 24.4 Å². The monoisotopic (exact) mass is 522 g/mol. The molecule has 4 rings (SSSR count). The summed E-state index contributed by atoms with van der Waals surface area (Å²) in [7, 11) is 0. The molecule has 0 spiro atoms. The number of thiocarbonyl (C=S) groups is 2. The summed E-state index contributed by atoms with van der Waals surface area (Å²) in [4.78, 5) is 30.9. The standard InChI is InChI=1S/C31H26N2O2S2/c34-28(22-32(26-17-9-3-10-18-26)30(36)24-13-5-1-6-14-24)21-29(35)23-33(27-19-11-4-12-20-27)31(37)25-15-7-2-8-16-25/h1-20H,21-23H2. The minimum Gasteiger partial charge on any atom is -0.325 e. The minimum absolute atomic E-state index is 0.00203. The number of carbonyl (C=O) groups excluding carboxylic acids is 2. The van der Waals surface area contributed by atoms with Gasteiger partial charge in [-0.1, -0.05) is 121 Å². The lowest BCUT2D eigenvalue weighted by Gasteiger charge is -2.26. The summed E-state index contributed by atoms with van der Waals surface area (Å²) in [6.45, 7) is -0.00407. The van der Waals surface area contributed by atoms with Gasteiger partial charge in [0.05, 0.1) is 19.5 Å². The van der Waals surface area contributed by atoms with Crippen LogP contribution in [0.15, 0.2) is 121 Å². The third kappa shape index (κ3) is 7.03. The van der Waals surface area contributed by atoms with Gasteiger partial charge in [-0.15, -0.1) is 0 Å². The van der Waals surface area contributed by atoms with Gasteiger partial charge in [-0.3, -0.25) is 9.59 Å². The van der Waals surface area contributed by atoms with Crippen molar-refractivity contribution in [1.29, 1.82) is 0 Å². The predicted octanol–water partition coefficient (Wildman–Crippen LogP) is 6.28. The van der Waals surface area contributed by atoms with Gasteiger partial charge >= 0.3 is 0 Å². The van der Waals surface area contributed by atoms with Crippen molar-refractivity contribution in [2.45, 2.75) is 6.42 Å². The fraction of sp³-hybridized carbons (Fsp3) is 0.0968. The van der Waals surface area contributed by atoms with Gasteiger partial charge in [0.2, 0.25) is 0 Å². The van der Waals surface area contributed by atoms with Crippen molar-refractivity contribution < 1.29 is 9.59 Å². The number of hydrogen-bond donors (Lipinski definition) is 0. The molecule has 0 aliphatic heterocycles. The zero-order valence-corrected chi connectivity index (χ0v) is 21.8. The summed E-state index contributed by atoms with van der Waals surface area (Å²) >= 11 is 11.5. The van der Waals surface area contributed by atoms with Gasteiger partial charge < -0.3 is 9.80 Å². The van der Waals surface area contributed by atoms with E-state index in [1.165, 1.54) is 0 Å². The molecule has 0 atom stereocenters. The maximum absolute atomic E-state index is 13.2. The summed E-state index contributed by atoms with van der Waals surface area (Å²) in [5, 5.41) is 0. The van der Waals surface area contributed by atoms with Crippen molar-refractivity contribution >= 4 is 57.4 Å². The normalized spacial score (nSPS) is 10.4. The number of para-hydroxylation sites is 2. The number of ketones is 2. The molecule has 0 radical (unpaired) electrons. The summed E-state index contributed by atoms with van der Waals surface area (Å²) in [6, 6.07) is 38.1. The van der Waals surface area contributed by atoms with E-state index in [-0.39, 0.29) is 31.1 Å². The molecule has 0 amide bonds. The maximum Gasteiger partial charge on any atom is 0.159 e. The van der Waals surface area contributed by atoms with Crippen LogP contribution in [0.3, 0.4) is 0 Å². The van der Waals surface area contributed by atoms with Crippen LogP contribution in [0.4, 0.5) is 11.4 Å². The number of Topliss-reactive ketones (excluding diaryl/α,β-unsaturated/α-hetero) is 2. The van der Waals surface area contributed by atoms with Crippen LogP contribution in [-0.2, 0) is 9.59 Å². The van der Waals surface area contributed by atoms with Gasteiger partial charge in [0.25, 0.3) is 0 Å². The lowest BCUT2D eigenvalue weighted by molar-refractivity contribution is -0.125. The lowest BCUT2D eigenvalue weighted by atomic mass is 10.1. The zero-order valence-electron chi connectivity index (χ0n) is 20.2. The summed E-state index contributed by atoms with van der Waals surface area (Å²) in [5.74, 6) is -0.434. The smallest absolute Gasteiger partial charge is 0.159 e. The van der Waals surface area contributed by atoms with E-state index in [0.29, 0.717) is 9.98 Å². The molecule has 0 bridgehead atoms. The van der Waals surface area contributed by atoms with E-state index in [0.717, 1.165) is 22.5 Å². The molecular formula is C31H26N2O2S2. The molecule has 0 heterocycles. The Morgan fingerprint density at radius 1 is 0.486 bits per heavy atom. The molecule has 0 N–H and O–H groups in total. The van der Waals surface area contributed by atoms with Crippen molar-refractivity contribution in [3.8, 4) is 0 Å². The van der Waals surface area contributed by atoms with Crippen LogP contribution in [0, 0.1) is 0 Å². The molecule has 0 aliphatic rings. The molecule has 4 nitrogen and oxygen atoms in total. The topological polar surface area (TPSA) is 40.6 Å². The number of anilines is 2. The first-order valence-corrected chi connectivity index (χ1v) is 12.7. The van der Waals surface area contributed by atoms with Crippen molar-refractivity contribution in [3.63, 3.8) is 0 Å². The minimum atomic E-state index is -0.221. The van der Waals surface area contributed by atoms with E-state index in [9.17, 15) is 9.59 Å². The Morgan fingerprint density at radius 3 is 1.11 bits per heavy atom. The van der Waals surface area contributed by atoms with Crippen LogP contribution < -0.4 is 9.80 Å². The molecule has 0 saturated heterocycles. The fourth-order valence-electron chi connectivity index (χ4n) is 3.93. The Balaban J connectivity index is 1.50. The molecule has 4 aromatic carbocycles. The molecule has 0 aromatic heterocycles. The van der Waals surface area contributed by atoms with Gasteiger partial charge in [0.15, 0.2) is 11.6 Å². The first-order valence-electron chi connectivity index (χ1n) is 11.9. The van der Waals surface area contributed by atoms with Gasteiger partial charge in [-0.25, -0.2) is 0 Å². The Bertz CT molecular complexity index is 1250. The van der Waals surface area contributed by atoms with Crippen molar-refractivity contribution in [2.24, 2.45) is 0 Å². The average Bonchev–Trinajstić information content (AvgIpc) is 2.96. The molecule has 0 aliphatic carbocycles. The van der Waals surface area contributed by atoms with Crippen LogP contribution in [0.1, 0.15) is 17.5 Å². The third-order valence-electron chi connectivity index (χ3n) is 5.73. The second-order valence-corrected chi connectivity index (χ2v) is 9.21. The highest BCUT2D eigenvalue weighted by molar-refractivity contribution is 7.81. The summed E-state index contributed by atoms with van der Waals surface area (Å²) < 4.78 is 0. The van der Waals surface area contributed by atoms with E-state index < -0.39 is 0 Å². The van der Waals surface area contributed by atoms with Gasteiger partial charge in [-0.05, 0) is 24.3 Å². The lowest BCUT2D eigenvalue weighted by Crippen LogP contribution is -2.38. The van der Waals surface area contributed by atoms with E-state index in [1.54, 1.807) is 9.80 Å². The maximum atomic E-state index is 13.2. The molecular weight excluding hydrogens is 496 g/mol. The average molecular weight is 523 g/mol. The molecule has 0 unspecified atom stereocenters. The van der Waals surface area contributed by atoms with Crippen molar-refractivity contribution in [2.75, 3.05) is 22.9 Å². The Hall–Kier alpha value is -4.00. The van der Waals surface area contributed by atoms with E-state index >= 15 is 0 Å². The van der Waals surface area contributed by atoms with Gasteiger partial charge in [0, 0.05) is 22.5 Å². The van der Waals surface area contributed by atoms with Crippen molar-refractivity contribution in [3.05, 3.63) is 132 Å². The second-order valence-electron chi connectivity index (χ2n) is 8.44. The highest BCUT2D eigenvalue weighted by Gasteiger charge is 2.22. The largest absolute Gasteiger partial charge is 0.325 e. The molecule has 4 aromatic rings. The number of carbonyl (C=O) groups is 2. The first kappa shape index (κ1) is 26.1. The molecule has 0 saturated carbocycles. The number of benzene rings is 4. The van der Waals surface area contributed by atoms with Crippen LogP contribution in [-0.4, -0.2) is 34.6 Å².